The lowest BCUT2D eigenvalue weighted by Gasteiger charge is -2.35. The van der Waals surface area contributed by atoms with Gasteiger partial charge in [-0.3, -0.25) is 14.6 Å². The minimum atomic E-state index is -0.214. The standard InChI is InChI=1S/C20H26N8O2S/c29-18(14-11-15(23-12-14)19(30)26-5-1-2-6-26)27-7-9-28(10-8-27)20-24-17(25-31-20)16-13-21-3-4-22-16/h3-4,13-15,23H,1-2,5-12H2/t14-,15-/m0/s1. The molecule has 0 spiro atoms. The van der Waals surface area contributed by atoms with E-state index < -0.39 is 0 Å². The number of carbonyl (C=O) groups excluding carboxylic acids is 2. The molecule has 0 aliphatic carbocycles. The van der Waals surface area contributed by atoms with Gasteiger partial charge < -0.3 is 20.0 Å². The number of hydrogen-bond donors (Lipinski definition) is 1. The molecule has 2 amide bonds. The zero-order valence-electron chi connectivity index (χ0n) is 17.3. The third kappa shape index (κ3) is 4.24. The van der Waals surface area contributed by atoms with Crippen molar-refractivity contribution >= 4 is 28.5 Å². The number of rotatable bonds is 4. The molecule has 1 N–H and O–H groups in total. The molecule has 5 heterocycles. The molecule has 0 saturated carbocycles. The summed E-state index contributed by atoms with van der Waals surface area (Å²) < 4.78 is 4.40. The molecule has 3 saturated heterocycles. The van der Waals surface area contributed by atoms with Crippen LogP contribution in [0.3, 0.4) is 0 Å². The van der Waals surface area contributed by atoms with E-state index in [0.29, 0.717) is 37.6 Å². The van der Waals surface area contributed by atoms with Crippen molar-refractivity contribution in [3.05, 3.63) is 18.6 Å². The zero-order valence-corrected chi connectivity index (χ0v) is 18.1. The summed E-state index contributed by atoms with van der Waals surface area (Å²) in [6, 6.07) is -0.214. The highest BCUT2D eigenvalue weighted by Gasteiger charge is 2.38. The Bertz CT molecular complexity index is 924. The monoisotopic (exact) mass is 442 g/mol. The average Bonchev–Trinajstić information content (AvgIpc) is 3.60. The van der Waals surface area contributed by atoms with E-state index in [1.807, 2.05) is 9.80 Å². The highest BCUT2D eigenvalue weighted by Crippen LogP contribution is 2.25. The van der Waals surface area contributed by atoms with Gasteiger partial charge in [0.25, 0.3) is 0 Å². The molecule has 11 heteroatoms. The predicted molar refractivity (Wildman–Crippen MR) is 115 cm³/mol. The van der Waals surface area contributed by atoms with Crippen LogP contribution in [-0.4, -0.2) is 92.8 Å². The summed E-state index contributed by atoms with van der Waals surface area (Å²) in [6.07, 6.45) is 7.67. The van der Waals surface area contributed by atoms with E-state index in [-0.39, 0.29) is 23.8 Å². The molecule has 10 nitrogen and oxygen atoms in total. The van der Waals surface area contributed by atoms with Gasteiger partial charge in [-0.25, -0.2) is 4.98 Å². The Morgan fingerprint density at radius 2 is 1.77 bits per heavy atom. The van der Waals surface area contributed by atoms with Crippen LogP contribution in [0.15, 0.2) is 18.6 Å². The number of amides is 2. The molecular formula is C20H26N8O2S. The number of hydrogen-bond acceptors (Lipinski definition) is 9. The van der Waals surface area contributed by atoms with E-state index in [2.05, 4.69) is 29.5 Å². The number of likely N-dealkylation sites (tertiary alicyclic amines) is 1. The number of anilines is 1. The van der Waals surface area contributed by atoms with Crippen LogP contribution in [0.2, 0.25) is 0 Å². The number of nitrogens with one attached hydrogen (secondary N) is 1. The lowest BCUT2D eigenvalue weighted by molar-refractivity contribution is -0.135. The Morgan fingerprint density at radius 3 is 2.52 bits per heavy atom. The second kappa shape index (κ2) is 8.83. The van der Waals surface area contributed by atoms with Crippen molar-refractivity contribution in [3.8, 4) is 11.5 Å². The maximum atomic E-state index is 13.0. The van der Waals surface area contributed by atoms with Crippen LogP contribution in [0.5, 0.6) is 0 Å². The van der Waals surface area contributed by atoms with Crippen LogP contribution >= 0.6 is 11.5 Å². The maximum Gasteiger partial charge on any atom is 0.239 e. The van der Waals surface area contributed by atoms with Crippen LogP contribution in [0, 0.1) is 5.92 Å². The molecule has 164 valence electrons. The van der Waals surface area contributed by atoms with Gasteiger partial charge in [0.1, 0.15) is 5.69 Å². The molecule has 31 heavy (non-hydrogen) atoms. The molecule has 0 bridgehead atoms. The lowest BCUT2D eigenvalue weighted by atomic mass is 10.0. The number of carbonyl (C=O) groups is 2. The summed E-state index contributed by atoms with van der Waals surface area (Å²) >= 11 is 1.34. The van der Waals surface area contributed by atoms with Gasteiger partial charge >= 0.3 is 0 Å². The number of nitrogens with zero attached hydrogens (tertiary/aromatic N) is 7. The SMILES string of the molecule is O=C([C@@H]1CN[C@H](C(=O)N2CCCC2)C1)N1CCN(c2nc(-c3cnccn3)ns2)CC1. The molecule has 3 fully saturated rings. The molecule has 0 unspecified atom stereocenters. The molecular weight excluding hydrogens is 416 g/mol. The number of piperazine rings is 1. The summed E-state index contributed by atoms with van der Waals surface area (Å²) in [5.41, 5.74) is 0.658. The Labute approximate surface area is 184 Å². The van der Waals surface area contributed by atoms with Crippen LogP contribution in [0.4, 0.5) is 5.13 Å². The van der Waals surface area contributed by atoms with Crippen molar-refractivity contribution in [2.75, 3.05) is 50.7 Å². The molecule has 2 aromatic heterocycles. The largest absolute Gasteiger partial charge is 0.343 e. The van der Waals surface area contributed by atoms with Crippen molar-refractivity contribution in [2.45, 2.75) is 25.3 Å². The Balaban J connectivity index is 1.13. The van der Waals surface area contributed by atoms with Gasteiger partial charge in [0.2, 0.25) is 16.9 Å². The van der Waals surface area contributed by atoms with Crippen molar-refractivity contribution in [3.63, 3.8) is 0 Å². The van der Waals surface area contributed by atoms with Gasteiger partial charge in [-0.2, -0.15) is 9.36 Å². The summed E-state index contributed by atoms with van der Waals surface area (Å²) in [4.78, 5) is 44.6. The highest BCUT2D eigenvalue weighted by molar-refractivity contribution is 7.09. The first-order chi connectivity index (χ1) is 15.2. The van der Waals surface area contributed by atoms with E-state index in [9.17, 15) is 9.59 Å². The van der Waals surface area contributed by atoms with E-state index >= 15 is 0 Å². The summed E-state index contributed by atoms with van der Waals surface area (Å²) in [5.74, 6) is 0.777. The van der Waals surface area contributed by atoms with E-state index in [1.54, 1.807) is 18.6 Å². The zero-order chi connectivity index (χ0) is 21.2. The lowest BCUT2D eigenvalue weighted by Crippen LogP contribution is -2.50. The summed E-state index contributed by atoms with van der Waals surface area (Å²) in [7, 11) is 0. The third-order valence-corrected chi connectivity index (χ3v) is 7.04. The fourth-order valence-corrected chi connectivity index (χ4v) is 5.24. The van der Waals surface area contributed by atoms with Gasteiger partial charge in [0.15, 0.2) is 5.82 Å². The third-order valence-electron chi connectivity index (χ3n) is 6.27. The quantitative estimate of drug-likeness (QED) is 0.718. The van der Waals surface area contributed by atoms with Gasteiger partial charge in [0, 0.05) is 69.7 Å². The normalized spacial score (nSPS) is 24.1. The first kappa shape index (κ1) is 20.3. The van der Waals surface area contributed by atoms with E-state index in [4.69, 9.17) is 0 Å². The topological polar surface area (TPSA) is 107 Å². The van der Waals surface area contributed by atoms with Crippen molar-refractivity contribution < 1.29 is 9.59 Å². The summed E-state index contributed by atoms with van der Waals surface area (Å²) in [6.45, 7) is 5.03. The van der Waals surface area contributed by atoms with Gasteiger partial charge in [-0.1, -0.05) is 0 Å². The van der Waals surface area contributed by atoms with Gasteiger partial charge in [0.05, 0.1) is 18.2 Å². The fraction of sp³-hybridized carbons (Fsp3) is 0.600. The van der Waals surface area contributed by atoms with Crippen LogP contribution < -0.4 is 10.2 Å². The van der Waals surface area contributed by atoms with Crippen LogP contribution in [-0.2, 0) is 9.59 Å². The first-order valence-electron chi connectivity index (χ1n) is 10.8. The van der Waals surface area contributed by atoms with E-state index in [0.717, 1.165) is 44.2 Å². The minimum Gasteiger partial charge on any atom is -0.343 e. The molecule has 5 rings (SSSR count). The Morgan fingerprint density at radius 1 is 1.00 bits per heavy atom. The molecule has 2 aromatic rings. The van der Waals surface area contributed by atoms with Crippen LogP contribution in [0.25, 0.3) is 11.5 Å². The fourth-order valence-electron chi connectivity index (χ4n) is 4.51. The predicted octanol–water partition coefficient (Wildman–Crippen LogP) is 0.244. The molecule has 0 aromatic carbocycles. The average molecular weight is 443 g/mol. The minimum absolute atomic E-state index is 0.118. The maximum absolute atomic E-state index is 13.0. The Hall–Kier alpha value is -2.66. The molecule has 0 radical (unpaired) electrons. The van der Waals surface area contributed by atoms with Crippen molar-refractivity contribution in [1.82, 2.24) is 34.4 Å². The second-order valence-corrected chi connectivity index (χ2v) is 8.96. The molecule has 3 aliphatic heterocycles. The second-order valence-electron chi connectivity index (χ2n) is 8.23. The van der Waals surface area contributed by atoms with E-state index in [1.165, 1.54) is 11.5 Å². The van der Waals surface area contributed by atoms with Crippen molar-refractivity contribution in [1.29, 1.82) is 0 Å². The smallest absolute Gasteiger partial charge is 0.239 e. The number of aromatic nitrogens is 4. The van der Waals surface area contributed by atoms with Crippen LogP contribution in [0.1, 0.15) is 19.3 Å². The highest BCUT2D eigenvalue weighted by atomic mass is 32.1. The molecule has 3 aliphatic rings. The van der Waals surface area contributed by atoms with Gasteiger partial charge in [-0.05, 0) is 19.3 Å². The molecule has 2 atom stereocenters. The van der Waals surface area contributed by atoms with Crippen molar-refractivity contribution in [2.24, 2.45) is 5.92 Å². The first-order valence-corrected chi connectivity index (χ1v) is 11.6. The van der Waals surface area contributed by atoms with Gasteiger partial charge in [-0.15, -0.1) is 0 Å². The Kier molecular flexibility index (Phi) is 5.77. The summed E-state index contributed by atoms with van der Waals surface area (Å²) in [5, 5.41) is 4.12.